The van der Waals surface area contributed by atoms with E-state index in [1.807, 2.05) is 18.2 Å². The minimum atomic E-state index is -3.67. The van der Waals surface area contributed by atoms with Crippen LogP contribution in [0, 0.1) is 0 Å². The van der Waals surface area contributed by atoms with Gasteiger partial charge in [0.2, 0.25) is 9.84 Å². The monoisotopic (exact) mass is 385 g/mol. The Morgan fingerprint density at radius 3 is 2.26 bits per heavy atom. The number of rotatable bonds is 7. The summed E-state index contributed by atoms with van der Waals surface area (Å²) in [6.07, 6.45) is 0. The van der Waals surface area contributed by atoms with Crippen LogP contribution in [0.2, 0.25) is 0 Å². The number of sulfone groups is 1. The molecule has 0 fully saturated rings. The first kappa shape index (κ1) is 18.7. The van der Waals surface area contributed by atoms with Crippen molar-refractivity contribution in [2.75, 3.05) is 19.5 Å². The summed E-state index contributed by atoms with van der Waals surface area (Å²) < 4.78 is 35.5. The summed E-state index contributed by atoms with van der Waals surface area (Å²) in [5, 5.41) is 10.8. The molecule has 0 saturated heterocycles. The number of benzene rings is 2. The van der Waals surface area contributed by atoms with Gasteiger partial charge in [0.25, 0.3) is 0 Å². The second kappa shape index (κ2) is 8.05. The predicted molar refractivity (Wildman–Crippen MR) is 101 cm³/mol. The van der Waals surface area contributed by atoms with Gasteiger partial charge in [0.05, 0.1) is 19.1 Å². The fraction of sp³-hybridized carbons (Fsp3) is 0.158. The molecule has 0 aliphatic rings. The molecule has 3 rings (SSSR count). The zero-order valence-electron chi connectivity index (χ0n) is 14.9. The van der Waals surface area contributed by atoms with E-state index in [0.29, 0.717) is 23.9 Å². The fourth-order valence-corrected chi connectivity index (χ4v) is 3.61. The van der Waals surface area contributed by atoms with Gasteiger partial charge in [-0.2, -0.15) is 0 Å². The van der Waals surface area contributed by atoms with E-state index in [4.69, 9.17) is 9.47 Å². The number of aromatic nitrogens is 2. The first-order valence-electron chi connectivity index (χ1n) is 8.13. The number of nitrogens with one attached hydrogen (secondary N) is 1. The van der Waals surface area contributed by atoms with Crippen LogP contribution in [0.1, 0.15) is 5.56 Å². The zero-order valence-corrected chi connectivity index (χ0v) is 15.7. The highest BCUT2D eigenvalue weighted by Crippen LogP contribution is 2.27. The molecule has 0 saturated carbocycles. The molecule has 140 valence electrons. The van der Waals surface area contributed by atoms with Crippen molar-refractivity contribution in [2.45, 2.75) is 16.5 Å². The molecule has 0 bridgehead atoms. The van der Waals surface area contributed by atoms with Gasteiger partial charge in [-0.1, -0.05) is 24.3 Å². The standard InChI is InChI=1S/C19H19N3O4S/c1-25-16-9-8-14(12-17(16)26-2)13-20-18-10-11-19(22-21-18)27(23,24)15-6-4-3-5-7-15/h3-12H,13H2,1-2H3,(H,20,21). The van der Waals surface area contributed by atoms with E-state index in [0.717, 1.165) is 5.56 Å². The molecule has 1 N–H and O–H groups in total. The molecule has 0 unspecified atom stereocenters. The third kappa shape index (κ3) is 4.17. The summed E-state index contributed by atoms with van der Waals surface area (Å²) in [4.78, 5) is 0.185. The molecule has 8 heteroatoms. The summed E-state index contributed by atoms with van der Waals surface area (Å²) >= 11 is 0. The lowest BCUT2D eigenvalue weighted by Crippen LogP contribution is -2.08. The normalized spacial score (nSPS) is 11.0. The van der Waals surface area contributed by atoms with Crippen LogP contribution < -0.4 is 14.8 Å². The lowest BCUT2D eigenvalue weighted by atomic mass is 10.2. The molecule has 2 aromatic carbocycles. The van der Waals surface area contributed by atoms with Crippen LogP contribution in [0.25, 0.3) is 0 Å². The maximum absolute atomic E-state index is 12.5. The van der Waals surface area contributed by atoms with Crippen LogP contribution in [0.3, 0.4) is 0 Å². The second-order valence-corrected chi connectivity index (χ2v) is 7.51. The number of anilines is 1. The van der Waals surface area contributed by atoms with Crippen LogP contribution in [-0.2, 0) is 16.4 Å². The largest absolute Gasteiger partial charge is 0.493 e. The van der Waals surface area contributed by atoms with Crippen molar-refractivity contribution in [3.8, 4) is 11.5 Å². The number of methoxy groups -OCH3 is 2. The van der Waals surface area contributed by atoms with Gasteiger partial charge in [-0.05, 0) is 42.0 Å². The van der Waals surface area contributed by atoms with Crippen molar-refractivity contribution < 1.29 is 17.9 Å². The van der Waals surface area contributed by atoms with Crippen LogP contribution in [0.5, 0.6) is 11.5 Å². The molecular weight excluding hydrogens is 366 g/mol. The van der Waals surface area contributed by atoms with Crippen molar-refractivity contribution in [3.05, 3.63) is 66.2 Å². The molecule has 0 aliphatic heterocycles. The highest BCUT2D eigenvalue weighted by molar-refractivity contribution is 7.91. The zero-order chi connectivity index (χ0) is 19.3. The number of nitrogens with zero attached hydrogens (tertiary/aromatic N) is 2. The van der Waals surface area contributed by atoms with Crippen molar-refractivity contribution >= 4 is 15.7 Å². The van der Waals surface area contributed by atoms with E-state index in [-0.39, 0.29) is 9.92 Å². The minimum absolute atomic E-state index is 0.0923. The van der Waals surface area contributed by atoms with Crippen LogP contribution in [0.4, 0.5) is 5.82 Å². The fourth-order valence-electron chi connectivity index (χ4n) is 2.46. The third-order valence-corrected chi connectivity index (χ3v) is 5.55. The Labute approximate surface area is 157 Å². The van der Waals surface area contributed by atoms with Crippen molar-refractivity contribution in [1.29, 1.82) is 0 Å². The van der Waals surface area contributed by atoms with E-state index in [1.165, 1.54) is 18.2 Å². The Kier molecular flexibility index (Phi) is 5.56. The van der Waals surface area contributed by atoms with E-state index in [2.05, 4.69) is 15.5 Å². The minimum Gasteiger partial charge on any atom is -0.493 e. The second-order valence-electron chi connectivity index (χ2n) is 5.62. The molecule has 0 spiro atoms. The molecule has 27 heavy (non-hydrogen) atoms. The molecule has 1 aromatic heterocycles. The van der Waals surface area contributed by atoms with Gasteiger partial charge in [-0.3, -0.25) is 0 Å². The average molecular weight is 385 g/mol. The van der Waals surface area contributed by atoms with Gasteiger partial charge in [0.15, 0.2) is 16.5 Å². The lowest BCUT2D eigenvalue weighted by molar-refractivity contribution is 0.354. The quantitative estimate of drug-likeness (QED) is 0.669. The summed E-state index contributed by atoms with van der Waals surface area (Å²) in [5.74, 6) is 1.75. The van der Waals surface area contributed by atoms with E-state index in [1.54, 1.807) is 38.5 Å². The van der Waals surface area contributed by atoms with Gasteiger partial charge in [0.1, 0.15) is 5.82 Å². The maximum Gasteiger partial charge on any atom is 0.225 e. The van der Waals surface area contributed by atoms with Crippen molar-refractivity contribution in [3.63, 3.8) is 0 Å². The Bertz CT molecular complexity index is 1010. The molecule has 0 radical (unpaired) electrons. The highest BCUT2D eigenvalue weighted by atomic mass is 32.2. The Morgan fingerprint density at radius 1 is 0.889 bits per heavy atom. The van der Waals surface area contributed by atoms with Gasteiger partial charge in [-0.25, -0.2) is 8.42 Å². The lowest BCUT2D eigenvalue weighted by Gasteiger charge is -2.10. The van der Waals surface area contributed by atoms with E-state index >= 15 is 0 Å². The SMILES string of the molecule is COc1ccc(CNc2ccc(S(=O)(=O)c3ccccc3)nn2)cc1OC. The van der Waals surface area contributed by atoms with Crippen LogP contribution in [-0.4, -0.2) is 32.8 Å². The Morgan fingerprint density at radius 2 is 1.63 bits per heavy atom. The Balaban J connectivity index is 1.71. The molecular formula is C19H19N3O4S. The van der Waals surface area contributed by atoms with Gasteiger partial charge in [-0.15, -0.1) is 10.2 Å². The topological polar surface area (TPSA) is 90.4 Å². The molecule has 3 aromatic rings. The number of hydrogen-bond acceptors (Lipinski definition) is 7. The van der Waals surface area contributed by atoms with E-state index < -0.39 is 9.84 Å². The first-order valence-corrected chi connectivity index (χ1v) is 9.61. The van der Waals surface area contributed by atoms with Crippen LogP contribution >= 0.6 is 0 Å². The van der Waals surface area contributed by atoms with Crippen molar-refractivity contribution in [1.82, 2.24) is 10.2 Å². The first-order chi connectivity index (χ1) is 13.0. The smallest absolute Gasteiger partial charge is 0.225 e. The Hall–Kier alpha value is -3.13. The maximum atomic E-state index is 12.5. The van der Waals surface area contributed by atoms with Gasteiger partial charge >= 0.3 is 0 Å². The number of hydrogen-bond donors (Lipinski definition) is 1. The molecule has 7 nitrogen and oxygen atoms in total. The predicted octanol–water partition coefficient (Wildman–Crippen LogP) is 2.94. The van der Waals surface area contributed by atoms with Crippen molar-refractivity contribution in [2.24, 2.45) is 0 Å². The molecule has 0 atom stereocenters. The molecule has 1 heterocycles. The summed E-state index contributed by atoms with van der Waals surface area (Å²) in [6, 6.07) is 16.7. The molecule has 0 amide bonds. The summed E-state index contributed by atoms with van der Waals surface area (Å²) in [7, 11) is -0.516. The average Bonchev–Trinajstić information content (AvgIpc) is 2.73. The third-order valence-electron chi connectivity index (χ3n) is 3.89. The van der Waals surface area contributed by atoms with Gasteiger partial charge < -0.3 is 14.8 Å². The molecule has 0 aliphatic carbocycles. The number of ether oxygens (including phenoxy) is 2. The summed E-state index contributed by atoms with van der Waals surface area (Å²) in [6.45, 7) is 0.472. The van der Waals surface area contributed by atoms with E-state index in [9.17, 15) is 8.42 Å². The van der Waals surface area contributed by atoms with Crippen LogP contribution in [0.15, 0.2) is 70.6 Å². The summed E-state index contributed by atoms with van der Waals surface area (Å²) in [5.41, 5.74) is 0.954. The highest BCUT2D eigenvalue weighted by Gasteiger charge is 2.19. The van der Waals surface area contributed by atoms with Gasteiger partial charge in [0, 0.05) is 6.54 Å².